The molecule has 0 unspecified atom stereocenters. The van der Waals surface area contributed by atoms with Crippen LogP contribution in [0.15, 0.2) is 48.5 Å². The number of fused-ring (bicyclic) bond motifs is 3. The zero-order valence-corrected chi connectivity index (χ0v) is 20.3. The van der Waals surface area contributed by atoms with Gasteiger partial charge in [0.05, 0.1) is 6.54 Å². The molecule has 0 radical (unpaired) electrons. The number of hydrogen-bond donors (Lipinski definition) is 1. The highest BCUT2D eigenvalue weighted by Gasteiger charge is 2.54. The zero-order chi connectivity index (χ0) is 25.0. The van der Waals surface area contributed by atoms with Crippen molar-refractivity contribution in [3.63, 3.8) is 0 Å². The summed E-state index contributed by atoms with van der Waals surface area (Å²) in [7, 11) is 0. The topological polar surface area (TPSA) is 89.9 Å². The van der Waals surface area contributed by atoms with Crippen LogP contribution in [0.5, 0.6) is 11.5 Å². The molecule has 36 heavy (non-hydrogen) atoms. The molecule has 2 aliphatic heterocycles. The Balaban J connectivity index is 1.28. The number of amides is 3. The molecule has 0 saturated carbocycles. The van der Waals surface area contributed by atoms with E-state index in [0.29, 0.717) is 36.7 Å². The predicted octanol–water partition coefficient (Wildman–Crippen LogP) is 3.83. The number of aryl methyl sites for hydroxylation is 2. The van der Waals surface area contributed by atoms with E-state index < -0.39 is 11.6 Å². The van der Waals surface area contributed by atoms with Crippen molar-refractivity contribution in [3.05, 3.63) is 76.6 Å². The predicted molar refractivity (Wildman–Crippen MR) is 132 cm³/mol. The van der Waals surface area contributed by atoms with Crippen molar-refractivity contribution in [1.29, 1.82) is 0 Å². The molecule has 1 aliphatic carbocycles. The van der Waals surface area contributed by atoms with Gasteiger partial charge in [0.25, 0.3) is 5.91 Å². The second-order valence-corrected chi connectivity index (χ2v) is 9.61. The van der Waals surface area contributed by atoms with Crippen LogP contribution in [0.4, 0.5) is 4.79 Å². The molecule has 3 amide bonds. The molecule has 3 aromatic rings. The van der Waals surface area contributed by atoms with Crippen LogP contribution in [-0.4, -0.2) is 46.9 Å². The van der Waals surface area contributed by atoms with Gasteiger partial charge in [-0.3, -0.25) is 14.5 Å². The van der Waals surface area contributed by atoms with E-state index >= 15 is 0 Å². The Labute approximate surface area is 208 Å². The van der Waals surface area contributed by atoms with Crippen molar-refractivity contribution in [3.8, 4) is 17.2 Å². The number of hydrogen-bond acceptors (Lipinski definition) is 5. The van der Waals surface area contributed by atoms with Crippen LogP contribution in [0.2, 0.25) is 0 Å². The zero-order valence-electron chi connectivity index (χ0n) is 20.3. The standard InChI is InChI=1S/C28H27N3O5/c1-17-14-21(18(2)31(17)20-9-10-24-25(15-20)36-13-12-35-24)23(32)16-30-26(33)28(29-27(30)34)11-5-7-19-6-3-4-8-22(19)28/h3-4,6,8-10,14-15H,5,7,11-13,16H2,1-2H3,(H,29,34)/t28-/m1/s1. The molecule has 8 nitrogen and oxygen atoms in total. The fourth-order valence-electron chi connectivity index (χ4n) is 5.80. The maximum atomic E-state index is 13.6. The molecule has 6 rings (SSSR count). The van der Waals surface area contributed by atoms with Gasteiger partial charge < -0.3 is 19.4 Å². The van der Waals surface area contributed by atoms with E-state index in [9.17, 15) is 14.4 Å². The Bertz CT molecular complexity index is 1420. The summed E-state index contributed by atoms with van der Waals surface area (Å²) in [5, 5.41) is 2.92. The highest BCUT2D eigenvalue weighted by molar-refractivity contribution is 6.12. The van der Waals surface area contributed by atoms with Crippen molar-refractivity contribution in [2.75, 3.05) is 19.8 Å². The van der Waals surface area contributed by atoms with Gasteiger partial charge in [0.1, 0.15) is 18.8 Å². The third kappa shape index (κ3) is 3.31. The molecule has 184 valence electrons. The lowest BCUT2D eigenvalue weighted by atomic mass is 9.76. The molecular weight excluding hydrogens is 458 g/mol. The first-order valence-corrected chi connectivity index (χ1v) is 12.2. The van der Waals surface area contributed by atoms with Gasteiger partial charge >= 0.3 is 6.03 Å². The van der Waals surface area contributed by atoms with Crippen molar-refractivity contribution >= 4 is 17.7 Å². The van der Waals surface area contributed by atoms with Gasteiger partial charge in [-0.2, -0.15) is 0 Å². The van der Waals surface area contributed by atoms with E-state index in [1.54, 1.807) is 6.07 Å². The van der Waals surface area contributed by atoms with Crippen LogP contribution in [0, 0.1) is 13.8 Å². The SMILES string of the molecule is Cc1cc(C(=O)CN2C(=O)N[C@@]3(CCCc4ccccc43)C2=O)c(C)n1-c1ccc2c(c1)OCCO2. The van der Waals surface area contributed by atoms with Crippen LogP contribution >= 0.6 is 0 Å². The molecular formula is C28H27N3O5. The number of nitrogens with one attached hydrogen (secondary N) is 1. The fraction of sp³-hybridized carbons (Fsp3) is 0.321. The summed E-state index contributed by atoms with van der Waals surface area (Å²) in [6.07, 6.45) is 2.19. The minimum atomic E-state index is -1.09. The minimum Gasteiger partial charge on any atom is -0.486 e. The lowest BCUT2D eigenvalue weighted by Crippen LogP contribution is -2.46. The molecule has 1 aromatic heterocycles. The summed E-state index contributed by atoms with van der Waals surface area (Å²) in [4.78, 5) is 41.1. The molecule has 1 N–H and O–H groups in total. The third-order valence-electron chi connectivity index (χ3n) is 7.47. The number of benzene rings is 2. The number of carbonyl (C=O) groups is 3. The molecule has 2 aromatic carbocycles. The van der Waals surface area contributed by atoms with Crippen molar-refractivity contribution in [2.45, 2.75) is 38.6 Å². The average Bonchev–Trinajstić information content (AvgIpc) is 3.31. The number of carbonyl (C=O) groups excluding carboxylic acids is 3. The molecule has 8 heteroatoms. The molecule has 1 atom stereocenters. The molecule has 3 heterocycles. The lowest BCUT2D eigenvalue weighted by molar-refractivity contribution is -0.131. The largest absolute Gasteiger partial charge is 0.486 e. The van der Waals surface area contributed by atoms with Gasteiger partial charge in [-0.05, 0) is 62.4 Å². The first-order chi connectivity index (χ1) is 17.4. The Morgan fingerprint density at radius 2 is 1.81 bits per heavy atom. The maximum absolute atomic E-state index is 13.6. The van der Waals surface area contributed by atoms with Crippen LogP contribution < -0.4 is 14.8 Å². The van der Waals surface area contributed by atoms with Gasteiger partial charge in [0.2, 0.25) is 0 Å². The lowest BCUT2D eigenvalue weighted by Gasteiger charge is -2.33. The first-order valence-electron chi connectivity index (χ1n) is 12.2. The normalized spacial score (nSPS) is 20.4. The second kappa shape index (κ2) is 8.26. The summed E-state index contributed by atoms with van der Waals surface area (Å²) in [6.45, 7) is 4.48. The highest BCUT2D eigenvalue weighted by Crippen LogP contribution is 2.40. The van der Waals surface area contributed by atoms with Crippen molar-refractivity contribution in [2.24, 2.45) is 0 Å². The summed E-state index contributed by atoms with van der Waals surface area (Å²) in [5.74, 6) is 0.724. The van der Waals surface area contributed by atoms with Crippen LogP contribution in [0.1, 0.15) is 45.7 Å². The molecule has 1 spiro atoms. The molecule has 0 bridgehead atoms. The van der Waals surface area contributed by atoms with Crippen LogP contribution in [0.3, 0.4) is 0 Å². The monoisotopic (exact) mass is 485 g/mol. The number of ether oxygens (including phenoxy) is 2. The van der Waals surface area contributed by atoms with E-state index in [2.05, 4.69) is 5.32 Å². The number of urea groups is 1. The van der Waals surface area contributed by atoms with E-state index in [-0.39, 0.29) is 18.2 Å². The van der Waals surface area contributed by atoms with E-state index in [1.807, 2.05) is 60.9 Å². The Hall–Kier alpha value is -4.07. The van der Waals surface area contributed by atoms with Gasteiger partial charge in [-0.15, -0.1) is 0 Å². The number of rotatable bonds is 4. The van der Waals surface area contributed by atoms with Crippen molar-refractivity contribution in [1.82, 2.24) is 14.8 Å². The first kappa shape index (κ1) is 22.4. The average molecular weight is 486 g/mol. The fourth-order valence-corrected chi connectivity index (χ4v) is 5.80. The maximum Gasteiger partial charge on any atom is 0.325 e. The summed E-state index contributed by atoms with van der Waals surface area (Å²) >= 11 is 0. The van der Waals surface area contributed by atoms with Gasteiger partial charge in [0, 0.05) is 28.7 Å². The number of Topliss-reactive ketones (excluding diaryl/α,β-unsaturated/α-hetero) is 1. The smallest absolute Gasteiger partial charge is 0.325 e. The molecule has 1 saturated heterocycles. The van der Waals surface area contributed by atoms with Gasteiger partial charge in [-0.1, -0.05) is 24.3 Å². The Kier molecular flexibility index (Phi) is 5.14. The number of nitrogens with zero attached hydrogens (tertiary/aromatic N) is 2. The van der Waals surface area contributed by atoms with Crippen LogP contribution in [0.25, 0.3) is 5.69 Å². The molecule has 1 fully saturated rings. The quantitative estimate of drug-likeness (QED) is 0.448. The van der Waals surface area contributed by atoms with E-state index in [1.165, 1.54) is 0 Å². The summed E-state index contributed by atoms with van der Waals surface area (Å²) in [5.41, 5.74) is 3.74. The summed E-state index contributed by atoms with van der Waals surface area (Å²) < 4.78 is 13.3. The Morgan fingerprint density at radius 3 is 2.64 bits per heavy atom. The van der Waals surface area contributed by atoms with Gasteiger partial charge in [0.15, 0.2) is 17.3 Å². The number of aromatic nitrogens is 1. The van der Waals surface area contributed by atoms with E-state index in [4.69, 9.17) is 9.47 Å². The van der Waals surface area contributed by atoms with Crippen LogP contribution in [-0.2, 0) is 16.8 Å². The Morgan fingerprint density at radius 1 is 1.03 bits per heavy atom. The molecule has 3 aliphatic rings. The second-order valence-electron chi connectivity index (χ2n) is 9.61. The van der Waals surface area contributed by atoms with E-state index in [0.717, 1.165) is 45.9 Å². The minimum absolute atomic E-state index is 0.281. The van der Waals surface area contributed by atoms with Crippen molar-refractivity contribution < 1.29 is 23.9 Å². The highest BCUT2D eigenvalue weighted by atomic mass is 16.6. The van der Waals surface area contributed by atoms with Gasteiger partial charge in [-0.25, -0.2) is 4.79 Å². The third-order valence-corrected chi connectivity index (χ3v) is 7.47. The number of imide groups is 1. The number of ketones is 1. The summed E-state index contributed by atoms with van der Waals surface area (Å²) in [6, 6.07) is 14.7.